The van der Waals surface area contributed by atoms with Crippen LogP contribution in [0.3, 0.4) is 0 Å². The number of sulfonamides is 1. The zero-order chi connectivity index (χ0) is 21.3. The molecule has 1 N–H and O–H groups in total. The van der Waals surface area contributed by atoms with Crippen molar-refractivity contribution in [3.05, 3.63) is 59.7 Å². The van der Waals surface area contributed by atoms with Crippen LogP contribution in [-0.4, -0.2) is 49.0 Å². The van der Waals surface area contributed by atoms with E-state index in [0.29, 0.717) is 24.6 Å². The van der Waals surface area contributed by atoms with Crippen LogP contribution in [0, 0.1) is 17.8 Å². The second kappa shape index (κ2) is 6.89. The minimum absolute atomic E-state index is 0.139. The molecule has 4 aliphatic rings. The number of aliphatic hydroxyl groups excluding tert-OH is 1. The van der Waals surface area contributed by atoms with Crippen LogP contribution in [0.1, 0.15) is 35.2 Å². The molecule has 1 saturated heterocycles. The number of hydrogen-bond acceptors (Lipinski definition) is 4. The molecular weight excluding hydrogens is 412 g/mol. The number of para-hydroxylation sites is 1. The molecule has 0 spiro atoms. The van der Waals surface area contributed by atoms with E-state index in [9.17, 15) is 18.3 Å². The van der Waals surface area contributed by atoms with Gasteiger partial charge in [0.15, 0.2) is 0 Å². The summed E-state index contributed by atoms with van der Waals surface area (Å²) in [6.45, 7) is 1.10. The molecule has 3 fully saturated rings. The van der Waals surface area contributed by atoms with Crippen LogP contribution in [-0.2, 0) is 16.4 Å². The molecule has 1 amide bonds. The van der Waals surface area contributed by atoms with Gasteiger partial charge in [-0.15, -0.1) is 0 Å². The number of benzene rings is 2. The van der Waals surface area contributed by atoms with Gasteiger partial charge in [0.2, 0.25) is 10.0 Å². The summed E-state index contributed by atoms with van der Waals surface area (Å²) in [6.07, 6.45) is 3.10. The Morgan fingerprint density at radius 1 is 1.03 bits per heavy atom. The van der Waals surface area contributed by atoms with Gasteiger partial charge >= 0.3 is 0 Å². The van der Waals surface area contributed by atoms with Gasteiger partial charge in [-0.1, -0.05) is 24.3 Å². The number of aryl methyl sites for hydroxylation is 1. The van der Waals surface area contributed by atoms with Gasteiger partial charge in [0.1, 0.15) is 0 Å². The molecule has 5 atom stereocenters. The first-order valence-corrected chi connectivity index (χ1v) is 12.6. The van der Waals surface area contributed by atoms with Gasteiger partial charge in [-0.2, -0.15) is 4.31 Å². The second-order valence-electron chi connectivity index (χ2n) is 9.43. The predicted octanol–water partition coefficient (Wildman–Crippen LogP) is 2.67. The van der Waals surface area contributed by atoms with Crippen molar-refractivity contribution in [3.8, 4) is 0 Å². The zero-order valence-corrected chi connectivity index (χ0v) is 18.0. The average molecular weight is 439 g/mol. The molecule has 6 rings (SSSR count). The van der Waals surface area contributed by atoms with Gasteiger partial charge in [0.25, 0.3) is 5.91 Å². The summed E-state index contributed by atoms with van der Waals surface area (Å²) in [7, 11) is -3.78. The van der Waals surface area contributed by atoms with Crippen LogP contribution < -0.4 is 4.90 Å². The molecule has 162 valence electrons. The lowest BCUT2D eigenvalue weighted by atomic mass is 9.88. The van der Waals surface area contributed by atoms with Gasteiger partial charge in [0, 0.05) is 24.3 Å². The lowest BCUT2D eigenvalue weighted by molar-refractivity contribution is 0.0731. The smallest absolute Gasteiger partial charge is 0.258 e. The monoisotopic (exact) mass is 438 g/mol. The number of aliphatic hydroxyl groups is 1. The third-order valence-corrected chi connectivity index (χ3v) is 9.71. The van der Waals surface area contributed by atoms with Gasteiger partial charge < -0.3 is 10.0 Å². The maximum atomic E-state index is 13.5. The first-order valence-electron chi connectivity index (χ1n) is 11.1. The Morgan fingerprint density at radius 3 is 2.71 bits per heavy atom. The van der Waals surface area contributed by atoms with Gasteiger partial charge in [-0.3, -0.25) is 4.79 Å². The molecule has 2 aromatic rings. The highest BCUT2D eigenvalue weighted by Gasteiger charge is 2.61. The first-order chi connectivity index (χ1) is 14.9. The molecule has 0 radical (unpaired) electrons. The Hall–Kier alpha value is -2.22. The number of carbonyl (C=O) groups excluding carboxylic acids is 1. The maximum absolute atomic E-state index is 13.5. The van der Waals surface area contributed by atoms with E-state index in [1.807, 2.05) is 24.3 Å². The normalized spacial score (nSPS) is 31.8. The van der Waals surface area contributed by atoms with Crippen molar-refractivity contribution in [2.75, 3.05) is 18.0 Å². The van der Waals surface area contributed by atoms with Gasteiger partial charge in [-0.25, -0.2) is 8.42 Å². The molecule has 2 saturated carbocycles. The van der Waals surface area contributed by atoms with E-state index >= 15 is 0 Å². The van der Waals surface area contributed by atoms with E-state index in [2.05, 4.69) is 0 Å². The Labute approximate surface area is 182 Å². The van der Waals surface area contributed by atoms with Crippen molar-refractivity contribution in [3.63, 3.8) is 0 Å². The molecule has 2 aromatic carbocycles. The van der Waals surface area contributed by atoms with Crippen molar-refractivity contribution in [1.29, 1.82) is 0 Å². The second-order valence-corrected chi connectivity index (χ2v) is 11.3. The minimum atomic E-state index is -3.78. The fourth-order valence-corrected chi connectivity index (χ4v) is 8.25. The fraction of sp³-hybridized carbons (Fsp3) is 0.458. The van der Waals surface area contributed by atoms with Crippen LogP contribution in [0.5, 0.6) is 0 Å². The van der Waals surface area contributed by atoms with Gasteiger partial charge in [-0.05, 0) is 73.3 Å². The molecule has 6 nitrogen and oxygen atoms in total. The van der Waals surface area contributed by atoms with Crippen LogP contribution in [0.2, 0.25) is 0 Å². The number of hydrogen-bond donors (Lipinski definition) is 1. The Bertz CT molecular complexity index is 1160. The lowest BCUT2D eigenvalue weighted by Crippen LogP contribution is -2.43. The highest BCUT2D eigenvalue weighted by Crippen LogP contribution is 2.56. The summed E-state index contributed by atoms with van der Waals surface area (Å²) in [5, 5.41) is 10.6. The number of nitrogens with zero attached hydrogens (tertiary/aromatic N) is 2. The summed E-state index contributed by atoms with van der Waals surface area (Å²) in [4.78, 5) is 15.2. The van der Waals surface area contributed by atoms with E-state index in [-0.39, 0.29) is 28.7 Å². The fourth-order valence-electron chi connectivity index (χ4n) is 6.46. The Balaban J connectivity index is 1.32. The quantitative estimate of drug-likeness (QED) is 0.799. The third kappa shape index (κ3) is 2.83. The van der Waals surface area contributed by atoms with Crippen LogP contribution in [0.25, 0.3) is 0 Å². The third-order valence-electron chi connectivity index (χ3n) is 7.85. The summed E-state index contributed by atoms with van der Waals surface area (Å²) in [5.74, 6) is 0.672. The highest BCUT2D eigenvalue weighted by molar-refractivity contribution is 7.89. The molecule has 2 aliphatic carbocycles. The van der Waals surface area contributed by atoms with E-state index < -0.39 is 16.1 Å². The number of fused-ring (bicyclic) bond motifs is 2. The van der Waals surface area contributed by atoms with E-state index in [4.69, 9.17) is 0 Å². The molecule has 2 bridgehead atoms. The van der Waals surface area contributed by atoms with Crippen molar-refractivity contribution >= 4 is 21.6 Å². The van der Waals surface area contributed by atoms with Crippen LogP contribution >= 0.6 is 0 Å². The zero-order valence-electron chi connectivity index (χ0n) is 17.2. The number of carbonyl (C=O) groups is 1. The minimum Gasteiger partial charge on any atom is -0.391 e. The SMILES string of the molecule is O=C(c1cccc(S(=O)(=O)N2CC3CC4CC3C2C4O)c1)N1CCCc2ccccc21. The summed E-state index contributed by atoms with van der Waals surface area (Å²) in [6, 6.07) is 14.0. The van der Waals surface area contributed by atoms with Crippen molar-refractivity contribution in [2.45, 2.75) is 42.7 Å². The number of anilines is 1. The lowest BCUT2D eigenvalue weighted by Gasteiger charge is -2.30. The van der Waals surface area contributed by atoms with Crippen molar-refractivity contribution < 1.29 is 18.3 Å². The summed E-state index contributed by atoms with van der Waals surface area (Å²) >= 11 is 0. The first kappa shape index (κ1) is 19.5. The Morgan fingerprint density at radius 2 is 1.87 bits per heavy atom. The largest absolute Gasteiger partial charge is 0.391 e. The number of amides is 1. The maximum Gasteiger partial charge on any atom is 0.258 e. The van der Waals surface area contributed by atoms with E-state index in [0.717, 1.165) is 36.9 Å². The number of rotatable bonds is 3. The average Bonchev–Trinajstić information content (AvgIpc) is 3.42. The molecule has 2 heterocycles. The predicted molar refractivity (Wildman–Crippen MR) is 116 cm³/mol. The van der Waals surface area contributed by atoms with Crippen LogP contribution in [0.4, 0.5) is 5.69 Å². The van der Waals surface area contributed by atoms with Gasteiger partial charge in [0.05, 0.1) is 17.0 Å². The molecular formula is C24H26N2O4S. The van der Waals surface area contributed by atoms with Crippen molar-refractivity contribution in [1.82, 2.24) is 4.31 Å². The highest BCUT2D eigenvalue weighted by atomic mass is 32.2. The van der Waals surface area contributed by atoms with Crippen LogP contribution in [0.15, 0.2) is 53.4 Å². The molecule has 2 aliphatic heterocycles. The Kier molecular flexibility index (Phi) is 4.32. The molecule has 7 heteroatoms. The topological polar surface area (TPSA) is 77.9 Å². The molecule has 5 unspecified atom stereocenters. The molecule has 0 aromatic heterocycles. The standard InChI is InChI=1S/C24H26N2O4S/c27-23-17-11-18-14-26(22(23)20(18)13-17)31(29,30)19-8-3-6-16(12-19)24(28)25-10-4-7-15-5-1-2-9-21(15)25/h1-3,5-6,8-9,12,17-18,20,22-23,27H,4,7,10-11,13-14H2. The van der Waals surface area contributed by atoms with E-state index in [1.165, 1.54) is 10.4 Å². The van der Waals surface area contributed by atoms with E-state index in [1.54, 1.807) is 23.1 Å². The summed E-state index contributed by atoms with van der Waals surface area (Å²) in [5.41, 5.74) is 2.43. The molecule has 31 heavy (non-hydrogen) atoms. The van der Waals surface area contributed by atoms with Crippen molar-refractivity contribution in [2.24, 2.45) is 17.8 Å². The summed E-state index contributed by atoms with van der Waals surface area (Å²) < 4.78 is 28.6.